The Morgan fingerprint density at radius 2 is 0.646 bits per heavy atom. The highest BCUT2D eigenvalue weighted by Crippen LogP contribution is 2.26. The van der Waals surface area contributed by atoms with Gasteiger partial charge in [0.25, 0.3) is 35.4 Å². The number of benzene rings is 8. The monoisotopic (exact) mass is 1090 g/mol. The van der Waals surface area contributed by atoms with E-state index in [9.17, 15) is 38.4 Å². The molecule has 0 fully saturated rings. The first-order valence-electron chi connectivity index (χ1n) is 24.8. The van der Waals surface area contributed by atoms with Crippen LogP contribution in [0.4, 0.5) is 56.9 Å². The Labute approximate surface area is 468 Å². The molecule has 8 aromatic carbocycles. The predicted octanol–water partition coefficient (Wildman–Crippen LogP) is 13.3. The van der Waals surface area contributed by atoms with E-state index in [1.165, 1.54) is 62.4 Å². The number of hydrogen-bond acceptors (Lipinski definition) is 12. The molecule has 0 radical (unpaired) electrons. The summed E-state index contributed by atoms with van der Waals surface area (Å²) in [5.74, 6) is -3.26. The van der Waals surface area contributed by atoms with Crippen LogP contribution in [-0.4, -0.2) is 61.1 Å². The average Bonchev–Trinajstić information content (AvgIpc) is 3.54. The van der Waals surface area contributed by atoms with Crippen LogP contribution < -0.4 is 42.5 Å². The van der Waals surface area contributed by atoms with Crippen LogP contribution in [0.2, 0.25) is 0 Å². The van der Waals surface area contributed by atoms with Crippen molar-refractivity contribution >= 4 is 104 Å². The molecule has 0 aliphatic carbocycles. The van der Waals surface area contributed by atoms with Crippen molar-refractivity contribution in [2.75, 3.05) is 56.6 Å². The van der Waals surface area contributed by atoms with Crippen molar-refractivity contribution in [1.29, 1.82) is 0 Å². The number of nitrogens with zero attached hydrogens (tertiary/aromatic N) is 6. The lowest BCUT2D eigenvalue weighted by molar-refractivity contribution is 0.100. The molecule has 0 spiro atoms. The molecule has 8 rings (SSSR count). The number of Topliss-reactive ketones (excluding diaryl/α,β-unsaturated/α-hetero) is 2. The summed E-state index contributed by atoms with van der Waals surface area (Å²) in [5, 5.41) is 29.6. The smallest absolute Gasteiger partial charge is 0.256 e. The van der Waals surface area contributed by atoms with E-state index in [-0.39, 0.29) is 62.6 Å². The lowest BCUT2D eigenvalue weighted by Crippen LogP contribution is -2.16. The van der Waals surface area contributed by atoms with E-state index in [2.05, 4.69) is 62.6 Å². The van der Waals surface area contributed by atoms with Gasteiger partial charge in [-0.1, -0.05) is 52.7 Å². The fraction of sp³-hybridized carbons (Fsp3) is 0.0667. The summed E-state index contributed by atoms with van der Waals surface area (Å²) in [6, 6.07) is 48.4. The number of azide groups is 2. The zero-order valence-corrected chi connectivity index (χ0v) is 44.3. The molecular weight excluding hydrogens is 1040 g/mol. The molecular formula is C60H50N14O8. The number of carbonyl (C=O) groups excluding carboxylic acids is 8. The van der Waals surface area contributed by atoms with Crippen LogP contribution in [0.5, 0.6) is 0 Å². The molecule has 0 saturated carbocycles. The van der Waals surface area contributed by atoms with Gasteiger partial charge < -0.3 is 42.5 Å². The minimum atomic E-state index is -0.565. The molecule has 8 aromatic rings. The van der Waals surface area contributed by atoms with Gasteiger partial charge in [-0.05, 0) is 164 Å². The van der Waals surface area contributed by atoms with Crippen LogP contribution in [0, 0.1) is 0 Å². The summed E-state index contributed by atoms with van der Waals surface area (Å²) in [6.07, 6.45) is 0. The molecule has 0 aliphatic rings. The molecule has 22 heteroatoms. The largest absolute Gasteiger partial charge is 0.388 e. The van der Waals surface area contributed by atoms with Crippen molar-refractivity contribution in [3.63, 3.8) is 0 Å². The third kappa shape index (κ3) is 15.9. The number of ketones is 2. The summed E-state index contributed by atoms with van der Waals surface area (Å²) in [6.45, 7) is 2.71. The highest BCUT2D eigenvalue weighted by Gasteiger charge is 2.17. The predicted molar refractivity (Wildman–Crippen MR) is 316 cm³/mol. The summed E-state index contributed by atoms with van der Waals surface area (Å²) in [4.78, 5) is 106. The standard InChI is InChI=1S/2C30H25N7O4/c1-18(38)21-13-22(15-27(14-21)36-37-31)30(41)35-26-11-5-10-25(17-26)34-29(40)20-7-3-6-19(12-20)28(39)33-24-9-4-8-23(16-24)32-2;1-18(38)19-12-13-26(27(15-19)36-37-31)30(41)35-25-11-5-10-24(17-25)34-29(40)21-7-3-6-20(14-21)28(39)33-23-9-4-8-22(16-23)32-2/h2*3-17,32H,1-2H3,(H,33,39)(H,34,40)(H,35,41). The fourth-order valence-corrected chi connectivity index (χ4v) is 7.80. The van der Waals surface area contributed by atoms with Crippen molar-refractivity contribution in [2.45, 2.75) is 13.8 Å². The van der Waals surface area contributed by atoms with E-state index in [0.717, 1.165) is 11.4 Å². The molecule has 0 heterocycles. The van der Waals surface area contributed by atoms with Crippen molar-refractivity contribution in [1.82, 2.24) is 0 Å². The van der Waals surface area contributed by atoms with E-state index in [1.54, 1.807) is 123 Å². The number of rotatable bonds is 18. The average molecular weight is 1100 g/mol. The van der Waals surface area contributed by atoms with Gasteiger partial charge in [-0.15, -0.1) is 0 Å². The lowest BCUT2D eigenvalue weighted by Gasteiger charge is -2.11. The normalized spacial score (nSPS) is 10.1. The van der Waals surface area contributed by atoms with Gasteiger partial charge in [-0.25, -0.2) is 0 Å². The molecule has 408 valence electrons. The van der Waals surface area contributed by atoms with Crippen LogP contribution in [0.25, 0.3) is 20.9 Å². The van der Waals surface area contributed by atoms with Gasteiger partial charge in [-0.2, -0.15) is 0 Å². The van der Waals surface area contributed by atoms with Crippen LogP contribution >= 0.6 is 0 Å². The Morgan fingerprint density at radius 3 is 1.01 bits per heavy atom. The maximum Gasteiger partial charge on any atom is 0.256 e. The first-order valence-corrected chi connectivity index (χ1v) is 24.8. The minimum absolute atomic E-state index is 0.0146. The topological polar surface area (TPSA) is 330 Å². The highest BCUT2D eigenvalue weighted by atomic mass is 16.2. The number of hydrogen-bond donors (Lipinski definition) is 8. The molecule has 0 aliphatic heterocycles. The van der Waals surface area contributed by atoms with E-state index < -0.39 is 23.6 Å². The second kappa shape index (κ2) is 27.5. The van der Waals surface area contributed by atoms with Crippen molar-refractivity contribution < 1.29 is 38.4 Å². The Hall–Kier alpha value is -11.9. The van der Waals surface area contributed by atoms with Gasteiger partial charge in [0.1, 0.15) is 0 Å². The molecule has 0 atom stereocenters. The highest BCUT2D eigenvalue weighted by molar-refractivity contribution is 6.12. The van der Waals surface area contributed by atoms with Crippen molar-refractivity contribution in [3.8, 4) is 0 Å². The van der Waals surface area contributed by atoms with Crippen LogP contribution in [0.15, 0.2) is 192 Å². The second-order valence-corrected chi connectivity index (χ2v) is 17.7. The van der Waals surface area contributed by atoms with Gasteiger partial charge in [0, 0.05) is 120 Å². The summed E-state index contributed by atoms with van der Waals surface area (Å²) < 4.78 is 0. The Balaban J connectivity index is 0.000000236. The minimum Gasteiger partial charge on any atom is -0.388 e. The number of nitrogens with one attached hydrogen (secondary N) is 8. The molecule has 82 heavy (non-hydrogen) atoms. The van der Waals surface area contributed by atoms with Crippen LogP contribution in [-0.2, 0) is 0 Å². The maximum atomic E-state index is 13.0. The Bertz CT molecular complexity index is 3910. The third-order valence-corrected chi connectivity index (χ3v) is 11.9. The van der Waals surface area contributed by atoms with E-state index >= 15 is 0 Å². The zero-order valence-electron chi connectivity index (χ0n) is 44.3. The second-order valence-electron chi connectivity index (χ2n) is 17.7. The summed E-state index contributed by atoms with van der Waals surface area (Å²) in [7, 11) is 3.56. The van der Waals surface area contributed by atoms with E-state index in [4.69, 9.17) is 11.1 Å². The van der Waals surface area contributed by atoms with Gasteiger partial charge in [0.15, 0.2) is 11.6 Å². The molecule has 0 aromatic heterocycles. The lowest BCUT2D eigenvalue weighted by atomic mass is 10.1. The van der Waals surface area contributed by atoms with Crippen molar-refractivity contribution in [2.24, 2.45) is 10.2 Å². The van der Waals surface area contributed by atoms with Gasteiger partial charge >= 0.3 is 0 Å². The van der Waals surface area contributed by atoms with Crippen molar-refractivity contribution in [3.05, 3.63) is 247 Å². The quantitative estimate of drug-likeness (QED) is 0.0174. The van der Waals surface area contributed by atoms with Gasteiger partial charge in [-0.3, -0.25) is 38.4 Å². The molecule has 8 N–H and O–H groups in total. The fourth-order valence-electron chi connectivity index (χ4n) is 7.80. The molecule has 0 bridgehead atoms. The molecule has 22 nitrogen and oxygen atoms in total. The number of anilines is 8. The molecule has 6 amide bonds. The Kier molecular flexibility index (Phi) is 19.4. The number of carbonyl (C=O) groups is 8. The number of amides is 6. The van der Waals surface area contributed by atoms with Crippen LogP contribution in [0.3, 0.4) is 0 Å². The maximum absolute atomic E-state index is 13.0. The zero-order chi connectivity index (χ0) is 58.7. The third-order valence-electron chi connectivity index (χ3n) is 11.9. The summed E-state index contributed by atoms with van der Waals surface area (Å²) >= 11 is 0. The van der Waals surface area contributed by atoms with Gasteiger partial charge in [0.05, 0.1) is 5.69 Å². The van der Waals surface area contributed by atoms with Gasteiger partial charge in [0.2, 0.25) is 0 Å². The SMILES string of the molecule is CNc1cccc(NC(=O)c2cccc(C(=O)Nc3cccc(NC(=O)c4cc(N=[N+]=[N-])cc(C(C)=O)c4)c3)c2)c1.CNc1cccc(NC(=O)c2cccc(C(=O)Nc3cccc(NC(=O)c4ccc(C(C)=O)cc4N=[N+]=[N-])c3)c2)c1. The molecule has 0 unspecified atom stereocenters. The molecule has 0 saturated heterocycles. The van der Waals surface area contributed by atoms with E-state index in [1.807, 2.05) is 24.3 Å². The summed E-state index contributed by atoms with van der Waals surface area (Å²) in [5.41, 5.74) is 24.1. The van der Waals surface area contributed by atoms with E-state index in [0.29, 0.717) is 50.8 Å². The first-order chi connectivity index (χ1) is 39.5. The first kappa shape index (κ1) is 57.8. The Morgan fingerprint density at radius 1 is 0.329 bits per heavy atom. The van der Waals surface area contributed by atoms with Crippen LogP contribution in [0.1, 0.15) is 96.7 Å².